The monoisotopic (exact) mass is 370 g/mol. The molecule has 1 saturated heterocycles. The van der Waals surface area contributed by atoms with Gasteiger partial charge in [0.2, 0.25) is 5.91 Å². The van der Waals surface area contributed by atoms with Crippen LogP contribution in [0.5, 0.6) is 5.75 Å². The van der Waals surface area contributed by atoms with Crippen LogP contribution in [0.2, 0.25) is 0 Å². The number of amides is 1. The molecule has 0 aliphatic carbocycles. The van der Waals surface area contributed by atoms with E-state index in [0.29, 0.717) is 6.42 Å². The second kappa shape index (κ2) is 9.51. The lowest BCUT2D eigenvalue weighted by atomic mass is 10.1. The molecular formula is C22H27FN2O2. The Morgan fingerprint density at radius 3 is 2.48 bits per heavy atom. The number of hydrogen-bond acceptors (Lipinski definition) is 3. The summed E-state index contributed by atoms with van der Waals surface area (Å²) in [5.74, 6) is 0.757. The molecule has 5 heteroatoms. The second-order valence-electron chi connectivity index (χ2n) is 6.98. The fourth-order valence-electron chi connectivity index (χ4n) is 3.44. The Morgan fingerprint density at radius 1 is 1.04 bits per heavy atom. The number of aryl methyl sites for hydroxylation is 1. The molecular weight excluding hydrogens is 343 g/mol. The Hall–Kier alpha value is -2.40. The van der Waals surface area contributed by atoms with E-state index < -0.39 is 0 Å². The van der Waals surface area contributed by atoms with Crippen molar-refractivity contribution in [2.45, 2.75) is 19.3 Å². The van der Waals surface area contributed by atoms with Crippen molar-refractivity contribution in [2.24, 2.45) is 0 Å². The van der Waals surface area contributed by atoms with Gasteiger partial charge in [-0.1, -0.05) is 24.3 Å². The van der Waals surface area contributed by atoms with Crippen LogP contribution in [0.15, 0.2) is 48.5 Å². The summed E-state index contributed by atoms with van der Waals surface area (Å²) in [6, 6.07) is 14.4. The van der Waals surface area contributed by atoms with Crippen molar-refractivity contribution in [3.05, 3.63) is 65.5 Å². The lowest BCUT2D eigenvalue weighted by Crippen LogP contribution is -2.49. The molecule has 2 aromatic carbocycles. The van der Waals surface area contributed by atoms with E-state index in [9.17, 15) is 9.18 Å². The number of nitrogens with zero attached hydrogens (tertiary/aromatic N) is 2. The summed E-state index contributed by atoms with van der Waals surface area (Å²) in [6.45, 7) is 4.39. The molecule has 27 heavy (non-hydrogen) atoms. The van der Waals surface area contributed by atoms with Crippen LogP contribution in [0.4, 0.5) is 4.39 Å². The highest BCUT2D eigenvalue weighted by atomic mass is 19.1. The molecule has 0 radical (unpaired) electrons. The number of carbonyl (C=O) groups is 1. The summed E-state index contributed by atoms with van der Waals surface area (Å²) in [5, 5.41) is 0. The number of piperazine rings is 1. The van der Waals surface area contributed by atoms with Crippen LogP contribution >= 0.6 is 0 Å². The van der Waals surface area contributed by atoms with Gasteiger partial charge in [-0.3, -0.25) is 9.69 Å². The maximum absolute atomic E-state index is 13.0. The second-order valence-corrected chi connectivity index (χ2v) is 6.98. The summed E-state index contributed by atoms with van der Waals surface area (Å²) in [4.78, 5) is 16.8. The molecule has 1 aliphatic rings. The van der Waals surface area contributed by atoms with Crippen molar-refractivity contribution in [3.63, 3.8) is 0 Å². The van der Waals surface area contributed by atoms with Crippen molar-refractivity contribution in [3.8, 4) is 5.75 Å². The zero-order chi connectivity index (χ0) is 19.1. The molecule has 1 aliphatic heterocycles. The minimum atomic E-state index is -0.270. The number of rotatable bonds is 7. The topological polar surface area (TPSA) is 32.8 Å². The summed E-state index contributed by atoms with van der Waals surface area (Å²) in [5.41, 5.74) is 2.16. The maximum atomic E-state index is 13.0. The van der Waals surface area contributed by atoms with Gasteiger partial charge in [-0.25, -0.2) is 4.39 Å². The number of ether oxygens (including phenoxy) is 1. The van der Waals surface area contributed by atoms with E-state index in [2.05, 4.69) is 17.0 Å². The normalized spacial score (nSPS) is 15.0. The van der Waals surface area contributed by atoms with E-state index in [1.165, 1.54) is 17.7 Å². The highest BCUT2D eigenvalue weighted by molar-refractivity contribution is 5.78. The Balaban J connectivity index is 1.38. The molecule has 0 aromatic heterocycles. The van der Waals surface area contributed by atoms with Crippen molar-refractivity contribution in [1.29, 1.82) is 0 Å². The highest BCUT2D eigenvalue weighted by Crippen LogP contribution is 2.14. The summed E-state index contributed by atoms with van der Waals surface area (Å²) in [6.07, 6.45) is 2.47. The SMILES string of the molecule is COc1cccc(CCCN2CCN(C(=O)Cc3ccc(F)cc3)CC2)c1. The summed E-state index contributed by atoms with van der Waals surface area (Å²) < 4.78 is 18.2. The Bertz CT molecular complexity index is 740. The molecule has 0 unspecified atom stereocenters. The van der Waals surface area contributed by atoms with Crippen molar-refractivity contribution < 1.29 is 13.9 Å². The van der Waals surface area contributed by atoms with Crippen LogP contribution < -0.4 is 4.74 Å². The van der Waals surface area contributed by atoms with Gasteiger partial charge in [0.25, 0.3) is 0 Å². The number of halogens is 1. The van der Waals surface area contributed by atoms with Crippen molar-refractivity contribution >= 4 is 5.91 Å². The largest absolute Gasteiger partial charge is 0.497 e. The Labute approximate surface area is 160 Å². The van der Waals surface area contributed by atoms with E-state index >= 15 is 0 Å². The minimum Gasteiger partial charge on any atom is -0.497 e. The van der Waals surface area contributed by atoms with Gasteiger partial charge in [0.15, 0.2) is 0 Å². The first-order chi connectivity index (χ1) is 13.1. The number of methoxy groups -OCH3 is 1. The van der Waals surface area contributed by atoms with Crippen LogP contribution in [0.1, 0.15) is 17.5 Å². The summed E-state index contributed by atoms with van der Waals surface area (Å²) in [7, 11) is 1.69. The molecule has 2 aromatic rings. The third-order valence-corrected chi connectivity index (χ3v) is 5.07. The Morgan fingerprint density at radius 2 is 1.78 bits per heavy atom. The fraction of sp³-hybridized carbons (Fsp3) is 0.409. The van der Waals surface area contributed by atoms with Crippen LogP contribution in [0.3, 0.4) is 0 Å². The fourth-order valence-corrected chi connectivity index (χ4v) is 3.44. The smallest absolute Gasteiger partial charge is 0.227 e. The standard InChI is InChI=1S/C22H27FN2O2/c1-27-21-6-2-4-18(16-21)5-3-11-24-12-14-25(15-13-24)22(26)17-19-7-9-20(23)10-8-19/h2,4,6-10,16H,3,5,11-15,17H2,1H3. The van der Waals surface area contributed by atoms with E-state index in [-0.39, 0.29) is 11.7 Å². The third-order valence-electron chi connectivity index (χ3n) is 5.07. The molecule has 3 rings (SSSR count). The maximum Gasteiger partial charge on any atom is 0.227 e. The lowest BCUT2D eigenvalue weighted by Gasteiger charge is -2.34. The molecule has 0 bridgehead atoms. The molecule has 0 saturated carbocycles. The van der Waals surface area contributed by atoms with E-state index in [0.717, 1.165) is 56.9 Å². The number of carbonyl (C=O) groups excluding carboxylic acids is 1. The van der Waals surface area contributed by atoms with E-state index in [4.69, 9.17) is 4.74 Å². The van der Waals surface area contributed by atoms with Crippen molar-refractivity contribution in [1.82, 2.24) is 9.80 Å². The molecule has 0 spiro atoms. The van der Waals surface area contributed by atoms with Crippen LogP contribution in [-0.4, -0.2) is 55.5 Å². The molecule has 144 valence electrons. The van der Waals surface area contributed by atoms with Gasteiger partial charge in [-0.15, -0.1) is 0 Å². The quantitative estimate of drug-likeness (QED) is 0.751. The van der Waals surface area contributed by atoms with Crippen LogP contribution in [0.25, 0.3) is 0 Å². The van der Waals surface area contributed by atoms with Crippen LogP contribution in [0, 0.1) is 5.82 Å². The molecule has 1 amide bonds. The zero-order valence-electron chi connectivity index (χ0n) is 15.9. The van der Waals surface area contributed by atoms with E-state index in [1.807, 2.05) is 17.0 Å². The van der Waals surface area contributed by atoms with Gasteiger partial charge in [-0.05, 0) is 54.8 Å². The van der Waals surface area contributed by atoms with Crippen LogP contribution in [-0.2, 0) is 17.6 Å². The first kappa shape index (κ1) is 19.4. The Kier molecular flexibility index (Phi) is 6.82. The molecule has 1 heterocycles. The molecule has 1 fully saturated rings. The first-order valence-electron chi connectivity index (χ1n) is 9.51. The highest BCUT2D eigenvalue weighted by Gasteiger charge is 2.20. The van der Waals surface area contributed by atoms with Crippen molar-refractivity contribution in [2.75, 3.05) is 39.8 Å². The number of benzene rings is 2. The van der Waals surface area contributed by atoms with Gasteiger partial charge in [0, 0.05) is 26.2 Å². The minimum absolute atomic E-state index is 0.123. The van der Waals surface area contributed by atoms with Gasteiger partial charge in [0.1, 0.15) is 11.6 Å². The lowest BCUT2D eigenvalue weighted by molar-refractivity contribution is -0.132. The zero-order valence-corrected chi connectivity index (χ0v) is 15.9. The van der Waals surface area contributed by atoms with E-state index in [1.54, 1.807) is 19.2 Å². The predicted molar refractivity (Wildman–Crippen MR) is 104 cm³/mol. The van der Waals surface area contributed by atoms with Gasteiger partial charge < -0.3 is 9.64 Å². The third kappa shape index (κ3) is 5.79. The first-order valence-corrected chi connectivity index (χ1v) is 9.51. The van der Waals surface area contributed by atoms with Gasteiger partial charge in [0.05, 0.1) is 13.5 Å². The molecule has 0 atom stereocenters. The average Bonchev–Trinajstić information content (AvgIpc) is 2.70. The number of hydrogen-bond donors (Lipinski definition) is 0. The average molecular weight is 370 g/mol. The van der Waals surface area contributed by atoms with Gasteiger partial charge >= 0.3 is 0 Å². The van der Waals surface area contributed by atoms with Gasteiger partial charge in [-0.2, -0.15) is 0 Å². The molecule has 4 nitrogen and oxygen atoms in total. The molecule has 0 N–H and O–H groups in total. The predicted octanol–water partition coefficient (Wildman–Crippen LogP) is 3.15. The summed E-state index contributed by atoms with van der Waals surface area (Å²) >= 11 is 0.